The van der Waals surface area contributed by atoms with Gasteiger partial charge in [0.2, 0.25) is 0 Å². The number of rotatable bonds is 3. The minimum Gasteiger partial charge on any atom is -0.397 e. The van der Waals surface area contributed by atoms with Gasteiger partial charge in [0.1, 0.15) is 0 Å². The molecule has 2 heteroatoms. The molecule has 1 aromatic heterocycles. The van der Waals surface area contributed by atoms with E-state index in [1.165, 1.54) is 11.1 Å². The third-order valence-corrected chi connectivity index (χ3v) is 2.94. The summed E-state index contributed by atoms with van der Waals surface area (Å²) >= 11 is 0. The molecule has 2 aromatic rings. The zero-order chi connectivity index (χ0) is 13.1. The van der Waals surface area contributed by atoms with Gasteiger partial charge in [-0.1, -0.05) is 32.0 Å². The summed E-state index contributed by atoms with van der Waals surface area (Å²) in [6, 6.07) is 10.6. The van der Waals surface area contributed by atoms with Crippen molar-refractivity contribution >= 4 is 5.69 Å². The lowest BCUT2D eigenvalue weighted by atomic mass is 9.98. The van der Waals surface area contributed by atoms with Crippen molar-refractivity contribution in [2.75, 3.05) is 5.73 Å². The highest BCUT2D eigenvalue weighted by Crippen LogP contribution is 2.24. The Labute approximate surface area is 109 Å². The number of benzene rings is 1. The predicted octanol–water partition coefficient (Wildman–Crippen LogP) is 3.84. The number of hydrogen-bond acceptors (Lipinski definition) is 2. The molecule has 0 unspecified atom stereocenters. The maximum Gasteiger partial charge on any atom is 0.0732 e. The summed E-state index contributed by atoms with van der Waals surface area (Å²) in [6.07, 6.45) is 2.82. The fourth-order valence-corrected chi connectivity index (χ4v) is 2.22. The minimum absolute atomic E-state index is 0.667. The summed E-state index contributed by atoms with van der Waals surface area (Å²) in [4.78, 5) is 4.44. The van der Waals surface area contributed by atoms with E-state index in [9.17, 15) is 0 Å². The van der Waals surface area contributed by atoms with E-state index in [1.807, 2.05) is 13.0 Å². The van der Waals surface area contributed by atoms with Crippen molar-refractivity contribution in [2.45, 2.75) is 27.2 Å². The van der Waals surface area contributed by atoms with Gasteiger partial charge in [-0.2, -0.15) is 0 Å². The van der Waals surface area contributed by atoms with Crippen LogP contribution in [0.15, 0.2) is 36.5 Å². The molecule has 0 spiro atoms. The van der Waals surface area contributed by atoms with E-state index in [4.69, 9.17) is 5.73 Å². The van der Waals surface area contributed by atoms with Crippen LogP contribution in [0.25, 0.3) is 11.3 Å². The van der Waals surface area contributed by atoms with E-state index in [-0.39, 0.29) is 0 Å². The Bertz CT molecular complexity index is 545. The van der Waals surface area contributed by atoms with E-state index in [0.717, 1.165) is 23.4 Å². The van der Waals surface area contributed by atoms with Crippen molar-refractivity contribution in [3.05, 3.63) is 47.7 Å². The molecule has 0 atom stereocenters. The highest BCUT2D eigenvalue weighted by atomic mass is 14.7. The molecule has 2 nitrogen and oxygen atoms in total. The van der Waals surface area contributed by atoms with Gasteiger partial charge < -0.3 is 5.73 Å². The van der Waals surface area contributed by atoms with Crippen LogP contribution >= 0.6 is 0 Å². The van der Waals surface area contributed by atoms with Crippen LogP contribution in [0.3, 0.4) is 0 Å². The van der Waals surface area contributed by atoms with Gasteiger partial charge in [0.05, 0.1) is 17.6 Å². The summed E-state index contributed by atoms with van der Waals surface area (Å²) in [5, 5.41) is 0. The first kappa shape index (κ1) is 12.6. The predicted molar refractivity (Wildman–Crippen MR) is 77.4 cm³/mol. The topological polar surface area (TPSA) is 38.9 Å². The molecule has 18 heavy (non-hydrogen) atoms. The van der Waals surface area contributed by atoms with Gasteiger partial charge in [-0.05, 0) is 42.5 Å². The van der Waals surface area contributed by atoms with Crippen LogP contribution in [0.5, 0.6) is 0 Å². The lowest BCUT2D eigenvalue weighted by molar-refractivity contribution is 0.647. The number of aryl methyl sites for hydroxylation is 1. The van der Waals surface area contributed by atoms with Crippen LogP contribution in [0.1, 0.15) is 25.0 Å². The summed E-state index contributed by atoms with van der Waals surface area (Å²) in [5.74, 6) is 0.667. The molecule has 0 amide bonds. The van der Waals surface area contributed by atoms with Gasteiger partial charge in [0, 0.05) is 5.56 Å². The number of nitrogens with zero attached hydrogens (tertiary/aromatic N) is 1. The number of anilines is 1. The molecule has 2 rings (SSSR count). The second-order valence-electron chi connectivity index (χ2n) is 5.23. The first-order chi connectivity index (χ1) is 8.56. The number of hydrogen-bond donors (Lipinski definition) is 1. The van der Waals surface area contributed by atoms with Crippen LogP contribution in [0.2, 0.25) is 0 Å². The zero-order valence-corrected chi connectivity index (χ0v) is 11.3. The molecule has 1 heterocycles. The molecule has 0 saturated carbocycles. The Hall–Kier alpha value is -1.83. The maximum absolute atomic E-state index is 5.74. The minimum atomic E-state index is 0.667. The largest absolute Gasteiger partial charge is 0.397 e. The second kappa shape index (κ2) is 5.21. The normalized spacial score (nSPS) is 10.9. The molecule has 0 saturated heterocycles. The fraction of sp³-hybridized carbons (Fsp3) is 0.312. The van der Waals surface area contributed by atoms with Gasteiger partial charge >= 0.3 is 0 Å². The van der Waals surface area contributed by atoms with Crippen LogP contribution in [-0.2, 0) is 6.42 Å². The number of nitrogen functional groups attached to an aromatic ring is 1. The van der Waals surface area contributed by atoms with Crippen LogP contribution in [0, 0.1) is 12.8 Å². The Morgan fingerprint density at radius 2 is 2.00 bits per heavy atom. The van der Waals surface area contributed by atoms with E-state index in [1.54, 1.807) is 6.20 Å². The molecule has 0 aliphatic heterocycles. The third-order valence-electron chi connectivity index (χ3n) is 2.94. The molecular formula is C16H20N2. The van der Waals surface area contributed by atoms with Crippen molar-refractivity contribution in [2.24, 2.45) is 5.92 Å². The number of pyridine rings is 1. The maximum atomic E-state index is 5.74. The lowest BCUT2D eigenvalue weighted by Crippen LogP contribution is -1.96. The van der Waals surface area contributed by atoms with Crippen LogP contribution in [-0.4, -0.2) is 4.98 Å². The molecule has 2 N–H and O–H groups in total. The molecule has 1 aromatic carbocycles. The van der Waals surface area contributed by atoms with Gasteiger partial charge in [-0.3, -0.25) is 4.98 Å². The second-order valence-corrected chi connectivity index (χ2v) is 5.23. The van der Waals surface area contributed by atoms with Crippen molar-refractivity contribution in [1.29, 1.82) is 0 Å². The van der Waals surface area contributed by atoms with Crippen molar-refractivity contribution in [1.82, 2.24) is 4.98 Å². The first-order valence-corrected chi connectivity index (χ1v) is 6.37. The number of aromatic nitrogens is 1. The Balaban J connectivity index is 2.38. The van der Waals surface area contributed by atoms with E-state index in [2.05, 4.69) is 43.1 Å². The highest BCUT2D eigenvalue weighted by Gasteiger charge is 2.05. The molecule has 0 fully saturated rings. The molecule has 0 bridgehead atoms. The SMILES string of the molecule is Cc1cc(N)cnc1-c1cccc(CC(C)C)c1. The quantitative estimate of drug-likeness (QED) is 0.885. The molecule has 0 aliphatic rings. The van der Waals surface area contributed by atoms with E-state index >= 15 is 0 Å². The lowest BCUT2D eigenvalue weighted by Gasteiger charge is -2.09. The monoisotopic (exact) mass is 240 g/mol. The molecule has 94 valence electrons. The standard InChI is InChI=1S/C16H20N2/c1-11(2)7-13-5-4-6-14(9-13)16-12(3)8-15(17)10-18-16/h4-6,8-11H,7,17H2,1-3H3. The Morgan fingerprint density at radius 3 is 2.67 bits per heavy atom. The Morgan fingerprint density at radius 1 is 1.22 bits per heavy atom. The van der Waals surface area contributed by atoms with Gasteiger partial charge in [0.25, 0.3) is 0 Å². The first-order valence-electron chi connectivity index (χ1n) is 6.37. The van der Waals surface area contributed by atoms with E-state index in [0.29, 0.717) is 5.92 Å². The molecule has 0 radical (unpaired) electrons. The van der Waals surface area contributed by atoms with Crippen molar-refractivity contribution < 1.29 is 0 Å². The third kappa shape index (κ3) is 2.89. The highest BCUT2D eigenvalue weighted by molar-refractivity contribution is 5.65. The average Bonchev–Trinajstić information content (AvgIpc) is 2.28. The summed E-state index contributed by atoms with van der Waals surface area (Å²) < 4.78 is 0. The summed E-state index contributed by atoms with van der Waals surface area (Å²) in [6.45, 7) is 6.52. The summed E-state index contributed by atoms with van der Waals surface area (Å²) in [7, 11) is 0. The van der Waals surface area contributed by atoms with Gasteiger partial charge in [-0.15, -0.1) is 0 Å². The van der Waals surface area contributed by atoms with Crippen molar-refractivity contribution in [3.63, 3.8) is 0 Å². The average molecular weight is 240 g/mol. The summed E-state index contributed by atoms with van der Waals surface area (Å²) in [5.41, 5.74) is 11.1. The molecule has 0 aliphatic carbocycles. The Kier molecular flexibility index (Phi) is 3.66. The van der Waals surface area contributed by atoms with Crippen LogP contribution < -0.4 is 5.73 Å². The zero-order valence-electron chi connectivity index (χ0n) is 11.3. The van der Waals surface area contributed by atoms with E-state index < -0.39 is 0 Å². The van der Waals surface area contributed by atoms with Gasteiger partial charge in [0.15, 0.2) is 0 Å². The fourth-order valence-electron chi connectivity index (χ4n) is 2.22. The van der Waals surface area contributed by atoms with Gasteiger partial charge in [-0.25, -0.2) is 0 Å². The number of nitrogens with two attached hydrogens (primary N) is 1. The smallest absolute Gasteiger partial charge is 0.0732 e. The molecular weight excluding hydrogens is 220 g/mol. The van der Waals surface area contributed by atoms with Crippen molar-refractivity contribution in [3.8, 4) is 11.3 Å². The van der Waals surface area contributed by atoms with Crippen LogP contribution in [0.4, 0.5) is 5.69 Å².